The van der Waals surface area contributed by atoms with Crippen molar-refractivity contribution in [3.8, 4) is 0 Å². The monoisotopic (exact) mass is 323 g/mol. The van der Waals surface area contributed by atoms with E-state index in [0.717, 1.165) is 36.5 Å². The highest BCUT2D eigenvalue weighted by molar-refractivity contribution is 5.58. The Morgan fingerprint density at radius 2 is 2.00 bits per heavy atom. The number of hydrogen-bond acceptors (Lipinski definition) is 5. The van der Waals surface area contributed by atoms with Crippen molar-refractivity contribution in [1.82, 2.24) is 14.6 Å². The van der Waals surface area contributed by atoms with Gasteiger partial charge in [0.2, 0.25) is 5.95 Å². The van der Waals surface area contributed by atoms with Crippen LogP contribution in [0.4, 0.5) is 17.5 Å². The second kappa shape index (κ2) is 6.13. The molecule has 0 aliphatic carbocycles. The number of benzene rings is 1. The van der Waals surface area contributed by atoms with Crippen molar-refractivity contribution < 1.29 is 5.11 Å². The summed E-state index contributed by atoms with van der Waals surface area (Å²) in [5.41, 5.74) is 2.98. The summed E-state index contributed by atoms with van der Waals surface area (Å²) in [6, 6.07) is 14.1. The summed E-state index contributed by atoms with van der Waals surface area (Å²) >= 11 is 0. The predicted molar refractivity (Wildman–Crippen MR) is 94.9 cm³/mol. The number of anilines is 3. The van der Waals surface area contributed by atoms with Gasteiger partial charge in [-0.05, 0) is 44.0 Å². The van der Waals surface area contributed by atoms with Crippen LogP contribution in [-0.4, -0.2) is 38.9 Å². The molecule has 6 nitrogen and oxygen atoms in total. The molecule has 1 atom stereocenters. The third-order valence-electron chi connectivity index (χ3n) is 4.37. The summed E-state index contributed by atoms with van der Waals surface area (Å²) in [4.78, 5) is 6.73. The number of nitrogens with one attached hydrogen (secondary N) is 1. The first kappa shape index (κ1) is 15.0. The number of aromatic nitrogens is 3. The maximum atomic E-state index is 9.94. The number of pyridine rings is 1. The van der Waals surface area contributed by atoms with Crippen LogP contribution in [0.1, 0.15) is 18.4 Å². The summed E-state index contributed by atoms with van der Waals surface area (Å²) in [6.07, 6.45) is 1.58. The maximum Gasteiger partial charge on any atom is 0.247 e. The molecule has 0 saturated carbocycles. The van der Waals surface area contributed by atoms with Gasteiger partial charge in [-0.3, -0.25) is 0 Å². The molecule has 24 heavy (non-hydrogen) atoms. The van der Waals surface area contributed by atoms with Gasteiger partial charge < -0.3 is 15.3 Å². The standard InChI is InChI=1S/C18H21N5O/c1-13-7-9-14(10-8-13)19-18-20-16-5-2-6-17(23(16)21-18)22-11-3-4-15(24)12-22/h2,5-10,15,24H,3-4,11-12H2,1H3,(H,19,21)/t15-/m0/s1. The molecule has 2 aromatic heterocycles. The van der Waals surface area contributed by atoms with Crippen molar-refractivity contribution >= 4 is 23.1 Å². The van der Waals surface area contributed by atoms with Gasteiger partial charge in [-0.1, -0.05) is 23.8 Å². The minimum Gasteiger partial charge on any atom is -0.391 e. The predicted octanol–water partition coefficient (Wildman–Crippen LogP) is 2.74. The Morgan fingerprint density at radius 3 is 2.79 bits per heavy atom. The van der Waals surface area contributed by atoms with Crippen molar-refractivity contribution in [2.24, 2.45) is 0 Å². The summed E-state index contributed by atoms with van der Waals surface area (Å²) in [5, 5.41) is 17.8. The maximum absolute atomic E-state index is 9.94. The minimum atomic E-state index is -0.275. The van der Waals surface area contributed by atoms with Crippen LogP contribution in [0.5, 0.6) is 0 Å². The summed E-state index contributed by atoms with van der Waals surface area (Å²) in [5.74, 6) is 1.54. The first-order valence-corrected chi connectivity index (χ1v) is 8.31. The lowest BCUT2D eigenvalue weighted by atomic mass is 10.1. The lowest BCUT2D eigenvalue weighted by Gasteiger charge is -2.31. The summed E-state index contributed by atoms with van der Waals surface area (Å²) in [7, 11) is 0. The van der Waals surface area contributed by atoms with Crippen LogP contribution < -0.4 is 10.2 Å². The van der Waals surface area contributed by atoms with Crippen LogP contribution in [0.25, 0.3) is 5.65 Å². The van der Waals surface area contributed by atoms with E-state index in [9.17, 15) is 5.11 Å². The van der Waals surface area contributed by atoms with E-state index in [1.54, 1.807) is 0 Å². The van der Waals surface area contributed by atoms with Gasteiger partial charge in [-0.25, -0.2) is 0 Å². The quantitative estimate of drug-likeness (QED) is 0.776. The Hall–Kier alpha value is -2.60. The molecule has 3 aromatic rings. The highest BCUT2D eigenvalue weighted by Crippen LogP contribution is 2.22. The molecular weight excluding hydrogens is 302 g/mol. The number of aryl methyl sites for hydroxylation is 1. The van der Waals surface area contributed by atoms with Crippen LogP contribution in [0.3, 0.4) is 0 Å². The van der Waals surface area contributed by atoms with Gasteiger partial charge in [0.25, 0.3) is 0 Å². The van der Waals surface area contributed by atoms with Crippen molar-refractivity contribution in [2.45, 2.75) is 25.9 Å². The third-order valence-corrected chi connectivity index (χ3v) is 4.37. The van der Waals surface area contributed by atoms with Gasteiger partial charge in [0, 0.05) is 18.8 Å². The van der Waals surface area contributed by atoms with Gasteiger partial charge >= 0.3 is 0 Å². The number of fused-ring (bicyclic) bond motifs is 1. The molecule has 124 valence electrons. The fourth-order valence-electron chi connectivity index (χ4n) is 3.11. The summed E-state index contributed by atoms with van der Waals surface area (Å²) in [6.45, 7) is 3.63. The Labute approximate surface area is 140 Å². The Kier molecular flexibility index (Phi) is 3.82. The molecule has 0 unspecified atom stereocenters. The number of piperidine rings is 1. The Morgan fingerprint density at radius 1 is 1.17 bits per heavy atom. The van der Waals surface area contributed by atoms with Crippen LogP contribution in [0.15, 0.2) is 42.5 Å². The van der Waals surface area contributed by atoms with Gasteiger partial charge in [0.15, 0.2) is 5.65 Å². The van der Waals surface area contributed by atoms with Crippen molar-refractivity contribution in [3.05, 3.63) is 48.0 Å². The minimum absolute atomic E-state index is 0.275. The second-order valence-electron chi connectivity index (χ2n) is 6.32. The summed E-state index contributed by atoms with van der Waals surface area (Å²) < 4.78 is 1.84. The normalized spacial score (nSPS) is 18.1. The fourth-order valence-corrected chi connectivity index (χ4v) is 3.11. The molecular formula is C18H21N5O. The first-order valence-electron chi connectivity index (χ1n) is 8.31. The topological polar surface area (TPSA) is 65.7 Å². The Balaban J connectivity index is 1.65. The zero-order valence-corrected chi connectivity index (χ0v) is 13.7. The molecule has 1 saturated heterocycles. The molecule has 1 aromatic carbocycles. The van der Waals surface area contributed by atoms with E-state index in [1.165, 1.54) is 5.56 Å². The van der Waals surface area contributed by atoms with E-state index in [2.05, 4.69) is 39.4 Å². The first-order chi connectivity index (χ1) is 11.7. The largest absolute Gasteiger partial charge is 0.391 e. The SMILES string of the molecule is Cc1ccc(Nc2nc3cccc(N4CCC[C@H](O)C4)n3n2)cc1. The molecule has 2 N–H and O–H groups in total. The molecule has 0 spiro atoms. The average molecular weight is 323 g/mol. The van der Waals surface area contributed by atoms with Gasteiger partial charge in [-0.15, -0.1) is 5.10 Å². The van der Waals surface area contributed by atoms with Crippen LogP contribution in [0.2, 0.25) is 0 Å². The molecule has 1 aliphatic heterocycles. The highest BCUT2D eigenvalue weighted by Gasteiger charge is 2.20. The van der Waals surface area contributed by atoms with E-state index >= 15 is 0 Å². The third kappa shape index (κ3) is 2.92. The van der Waals surface area contributed by atoms with Crippen molar-refractivity contribution in [2.75, 3.05) is 23.3 Å². The van der Waals surface area contributed by atoms with E-state index < -0.39 is 0 Å². The van der Waals surface area contributed by atoms with E-state index in [0.29, 0.717) is 12.5 Å². The molecule has 0 bridgehead atoms. The molecule has 6 heteroatoms. The smallest absolute Gasteiger partial charge is 0.247 e. The van der Waals surface area contributed by atoms with Gasteiger partial charge in [0.1, 0.15) is 5.82 Å². The number of β-amino-alcohol motifs (C(OH)–C–C–N with tert-alkyl or cyclic N) is 1. The lowest BCUT2D eigenvalue weighted by molar-refractivity contribution is 0.153. The van der Waals surface area contributed by atoms with E-state index in [1.807, 2.05) is 34.8 Å². The zero-order chi connectivity index (χ0) is 16.5. The fraction of sp³-hybridized carbons (Fsp3) is 0.333. The van der Waals surface area contributed by atoms with Crippen molar-refractivity contribution in [3.63, 3.8) is 0 Å². The number of hydrogen-bond donors (Lipinski definition) is 2. The Bertz CT molecular complexity index is 842. The van der Waals surface area contributed by atoms with E-state index in [-0.39, 0.29) is 6.10 Å². The second-order valence-corrected chi connectivity index (χ2v) is 6.32. The molecule has 0 radical (unpaired) electrons. The van der Waals surface area contributed by atoms with Gasteiger partial charge in [-0.2, -0.15) is 9.50 Å². The lowest BCUT2D eigenvalue weighted by Crippen LogP contribution is -2.39. The molecule has 4 rings (SSSR count). The zero-order valence-electron chi connectivity index (χ0n) is 13.7. The number of aliphatic hydroxyl groups is 1. The number of rotatable bonds is 3. The molecule has 0 amide bonds. The number of aliphatic hydroxyl groups excluding tert-OH is 1. The molecule has 1 aliphatic rings. The molecule has 3 heterocycles. The van der Waals surface area contributed by atoms with Crippen LogP contribution in [-0.2, 0) is 0 Å². The molecule has 1 fully saturated rings. The number of nitrogens with zero attached hydrogens (tertiary/aromatic N) is 4. The highest BCUT2D eigenvalue weighted by atomic mass is 16.3. The van der Waals surface area contributed by atoms with Crippen molar-refractivity contribution in [1.29, 1.82) is 0 Å². The van der Waals surface area contributed by atoms with Crippen LogP contribution in [0, 0.1) is 6.92 Å². The van der Waals surface area contributed by atoms with E-state index in [4.69, 9.17) is 0 Å². The average Bonchev–Trinajstić information content (AvgIpc) is 2.99. The van der Waals surface area contributed by atoms with Gasteiger partial charge in [0.05, 0.1) is 6.10 Å². The van der Waals surface area contributed by atoms with Crippen LogP contribution >= 0.6 is 0 Å².